The van der Waals surface area contributed by atoms with Crippen molar-refractivity contribution in [2.45, 2.75) is 6.92 Å². The second-order valence-corrected chi connectivity index (χ2v) is 3.91. The van der Waals surface area contributed by atoms with Crippen LogP contribution in [0.2, 0.25) is 0 Å². The zero-order valence-corrected chi connectivity index (χ0v) is 9.02. The van der Waals surface area contributed by atoms with Crippen LogP contribution >= 0.6 is 0 Å². The molecule has 1 aromatic rings. The summed E-state index contributed by atoms with van der Waals surface area (Å²) in [6, 6.07) is 0. The quantitative estimate of drug-likeness (QED) is 0.588. The summed E-state index contributed by atoms with van der Waals surface area (Å²) in [7, 11) is 0. The first-order valence-corrected chi connectivity index (χ1v) is 5.11. The van der Waals surface area contributed by atoms with Gasteiger partial charge in [-0.15, -0.1) is 0 Å². The fraction of sp³-hybridized carbons (Fsp3) is 0.500. The van der Waals surface area contributed by atoms with Gasteiger partial charge in [0.05, 0.1) is 0 Å². The first-order chi connectivity index (χ1) is 7.52. The Kier molecular flexibility index (Phi) is 2.41. The maximum atomic E-state index is 11.3. The van der Waals surface area contributed by atoms with Gasteiger partial charge < -0.3 is 15.5 Å². The third-order valence-corrected chi connectivity index (χ3v) is 2.96. The van der Waals surface area contributed by atoms with Crippen LogP contribution in [0.1, 0.15) is 6.92 Å². The van der Waals surface area contributed by atoms with Crippen LogP contribution in [0.25, 0.3) is 0 Å². The molecule has 0 aromatic heterocycles. The fourth-order valence-electron chi connectivity index (χ4n) is 1.96. The van der Waals surface area contributed by atoms with Crippen molar-refractivity contribution in [1.29, 1.82) is 0 Å². The Morgan fingerprint density at radius 2 is 1.69 bits per heavy atom. The third kappa shape index (κ3) is 1.46. The maximum absolute atomic E-state index is 11.3. The van der Waals surface area contributed by atoms with E-state index in [0.717, 1.165) is 0 Å². The Morgan fingerprint density at radius 3 is 2.12 bits per heavy atom. The van der Waals surface area contributed by atoms with E-state index in [9.17, 15) is 14.4 Å². The normalized spacial score (nSPS) is 16.8. The van der Waals surface area contributed by atoms with Crippen LogP contribution in [-0.2, 0) is 4.79 Å². The van der Waals surface area contributed by atoms with Gasteiger partial charge in [0.2, 0.25) is 5.91 Å². The van der Waals surface area contributed by atoms with E-state index in [0.29, 0.717) is 31.9 Å². The number of hydrogen-bond donors (Lipinski definition) is 1. The summed E-state index contributed by atoms with van der Waals surface area (Å²) in [5.74, 6) is 0.0256. The molecule has 0 unspecified atom stereocenters. The Balaban J connectivity index is 2.09. The summed E-state index contributed by atoms with van der Waals surface area (Å²) in [4.78, 5) is 36.8. The molecule has 1 aliphatic heterocycles. The number of carbonyl (C=O) groups excluding carboxylic acids is 1. The maximum Gasteiger partial charge on any atom is 0.253 e. The molecule has 1 heterocycles. The van der Waals surface area contributed by atoms with Crippen molar-refractivity contribution in [3.05, 3.63) is 20.4 Å². The molecular weight excluding hydrogens is 210 g/mol. The van der Waals surface area contributed by atoms with Gasteiger partial charge in [-0.1, -0.05) is 0 Å². The second kappa shape index (κ2) is 3.62. The van der Waals surface area contributed by atoms with Gasteiger partial charge in [0, 0.05) is 33.1 Å². The van der Waals surface area contributed by atoms with Crippen molar-refractivity contribution in [2.75, 3.05) is 36.8 Å². The minimum absolute atomic E-state index is 0.0256. The number of hydrogen-bond acceptors (Lipinski definition) is 5. The highest BCUT2D eigenvalue weighted by molar-refractivity contribution is 5.75. The van der Waals surface area contributed by atoms with Crippen molar-refractivity contribution in [1.82, 2.24) is 4.90 Å². The van der Waals surface area contributed by atoms with Crippen LogP contribution in [0, 0.1) is 0 Å². The minimum Gasteiger partial charge on any atom is -0.394 e. The van der Waals surface area contributed by atoms with E-state index in [1.165, 1.54) is 6.92 Å². The molecule has 2 N–H and O–H groups in total. The van der Waals surface area contributed by atoms with Crippen LogP contribution in [0.5, 0.6) is 0 Å². The van der Waals surface area contributed by atoms with Crippen molar-refractivity contribution in [3.8, 4) is 0 Å². The number of anilines is 2. The lowest BCUT2D eigenvalue weighted by atomic mass is 10.1. The predicted octanol–water partition coefficient (Wildman–Crippen LogP) is -1.47. The summed E-state index contributed by atoms with van der Waals surface area (Å²) in [5.41, 5.74) is 4.75. The average molecular weight is 223 g/mol. The van der Waals surface area contributed by atoms with Gasteiger partial charge in [0.25, 0.3) is 10.9 Å². The monoisotopic (exact) mass is 223 g/mol. The third-order valence-electron chi connectivity index (χ3n) is 2.96. The molecule has 1 amide bonds. The standard InChI is InChI=1S/C10H13N3O3/c1-6(14)12-2-4-13(5-3-12)8-7(11)9(15)10(8)16/h2-5,11H2,1H3. The van der Waals surface area contributed by atoms with Gasteiger partial charge >= 0.3 is 0 Å². The number of amides is 1. The zero-order valence-electron chi connectivity index (χ0n) is 9.02. The summed E-state index contributed by atoms with van der Waals surface area (Å²) in [5, 5.41) is 0. The highest BCUT2D eigenvalue weighted by Crippen LogP contribution is 2.18. The van der Waals surface area contributed by atoms with E-state index >= 15 is 0 Å². The van der Waals surface area contributed by atoms with Crippen LogP contribution in [0.4, 0.5) is 11.4 Å². The number of rotatable bonds is 1. The molecule has 6 nitrogen and oxygen atoms in total. The van der Waals surface area contributed by atoms with Gasteiger partial charge in [-0.25, -0.2) is 0 Å². The van der Waals surface area contributed by atoms with E-state index in [2.05, 4.69) is 0 Å². The van der Waals surface area contributed by atoms with Gasteiger partial charge in [0.1, 0.15) is 11.4 Å². The zero-order chi connectivity index (χ0) is 11.9. The predicted molar refractivity (Wildman–Crippen MR) is 60.2 cm³/mol. The topological polar surface area (TPSA) is 83.7 Å². The number of nitrogens with zero attached hydrogens (tertiary/aromatic N) is 2. The Hall–Kier alpha value is -1.85. The molecule has 2 rings (SSSR count). The first-order valence-electron chi connectivity index (χ1n) is 5.11. The fourth-order valence-corrected chi connectivity index (χ4v) is 1.96. The van der Waals surface area contributed by atoms with Gasteiger partial charge in [-0.05, 0) is 0 Å². The van der Waals surface area contributed by atoms with Crippen molar-refractivity contribution in [2.24, 2.45) is 0 Å². The van der Waals surface area contributed by atoms with Crippen LogP contribution in [0.3, 0.4) is 0 Å². The van der Waals surface area contributed by atoms with Gasteiger partial charge in [-0.2, -0.15) is 0 Å². The highest BCUT2D eigenvalue weighted by atomic mass is 16.2. The molecule has 1 aromatic carbocycles. The summed E-state index contributed by atoms with van der Waals surface area (Å²) < 4.78 is 0. The minimum atomic E-state index is -0.594. The molecular formula is C10H13N3O3. The van der Waals surface area contributed by atoms with E-state index in [1.54, 1.807) is 9.80 Å². The average Bonchev–Trinajstić information content (AvgIpc) is 2.29. The molecule has 0 saturated carbocycles. The Bertz CT molecular complexity index is 493. The lowest BCUT2D eigenvalue weighted by Gasteiger charge is -2.36. The lowest BCUT2D eigenvalue weighted by molar-refractivity contribution is -0.129. The summed E-state index contributed by atoms with van der Waals surface area (Å²) >= 11 is 0. The van der Waals surface area contributed by atoms with Crippen LogP contribution in [0.15, 0.2) is 9.59 Å². The molecule has 16 heavy (non-hydrogen) atoms. The number of nitrogens with two attached hydrogens (primary N) is 1. The number of piperazine rings is 1. The molecule has 1 saturated heterocycles. The molecule has 1 aliphatic rings. The Labute approximate surface area is 91.9 Å². The van der Waals surface area contributed by atoms with Crippen molar-refractivity contribution < 1.29 is 4.79 Å². The van der Waals surface area contributed by atoms with Gasteiger partial charge in [-0.3, -0.25) is 14.4 Å². The molecule has 0 aliphatic carbocycles. The molecule has 6 heteroatoms. The lowest BCUT2D eigenvalue weighted by Crippen LogP contribution is -2.52. The first kappa shape index (κ1) is 10.7. The van der Waals surface area contributed by atoms with Crippen LogP contribution in [-0.4, -0.2) is 37.0 Å². The summed E-state index contributed by atoms with van der Waals surface area (Å²) in [6.07, 6.45) is 0. The molecule has 0 radical (unpaired) electrons. The molecule has 0 atom stereocenters. The van der Waals surface area contributed by atoms with Crippen molar-refractivity contribution >= 4 is 17.3 Å². The van der Waals surface area contributed by atoms with Gasteiger partial charge in [0.15, 0.2) is 0 Å². The van der Waals surface area contributed by atoms with Crippen molar-refractivity contribution in [3.63, 3.8) is 0 Å². The Morgan fingerprint density at radius 1 is 1.12 bits per heavy atom. The number of nitrogen functional groups attached to an aromatic ring is 1. The smallest absolute Gasteiger partial charge is 0.253 e. The highest BCUT2D eigenvalue weighted by Gasteiger charge is 2.27. The number of carbonyl (C=O) groups is 1. The largest absolute Gasteiger partial charge is 0.394 e. The van der Waals surface area contributed by atoms with E-state index in [4.69, 9.17) is 5.73 Å². The second-order valence-electron chi connectivity index (χ2n) is 3.91. The summed E-state index contributed by atoms with van der Waals surface area (Å²) in [6.45, 7) is 3.74. The molecule has 86 valence electrons. The van der Waals surface area contributed by atoms with E-state index < -0.39 is 10.9 Å². The van der Waals surface area contributed by atoms with E-state index in [-0.39, 0.29) is 11.6 Å². The van der Waals surface area contributed by atoms with Crippen LogP contribution < -0.4 is 21.5 Å². The van der Waals surface area contributed by atoms with E-state index in [1.807, 2.05) is 0 Å². The molecule has 0 bridgehead atoms. The molecule has 1 fully saturated rings. The molecule has 0 spiro atoms. The SMILES string of the molecule is CC(=O)N1CCN(c2c(N)c(=O)c2=O)CC1.